The second-order valence-corrected chi connectivity index (χ2v) is 4.39. The first-order chi connectivity index (χ1) is 9.24. The summed E-state index contributed by atoms with van der Waals surface area (Å²) in [5, 5.41) is 5.57. The molecular formula is C14H22N2O3. The third kappa shape index (κ3) is 6.64. The lowest BCUT2D eigenvalue weighted by Crippen LogP contribution is -2.27. The number of hydrogen-bond donors (Lipinski definition) is 2. The monoisotopic (exact) mass is 266 g/mol. The van der Waals surface area contributed by atoms with Gasteiger partial charge in [0.2, 0.25) is 5.91 Å². The number of carbonyl (C=O) groups excluding carboxylic acids is 2. The molecule has 106 valence electrons. The van der Waals surface area contributed by atoms with Crippen LogP contribution in [-0.4, -0.2) is 24.9 Å². The molecule has 2 N–H and O–H groups in total. The van der Waals surface area contributed by atoms with Crippen LogP contribution in [0.1, 0.15) is 49.6 Å². The number of amides is 2. The fraction of sp³-hybridized carbons (Fsp3) is 0.571. The maximum absolute atomic E-state index is 11.5. The van der Waals surface area contributed by atoms with Crippen molar-refractivity contribution in [1.29, 1.82) is 0 Å². The molecule has 0 aromatic carbocycles. The normalized spacial score (nSPS) is 10.2. The van der Waals surface area contributed by atoms with E-state index in [9.17, 15) is 9.59 Å². The summed E-state index contributed by atoms with van der Waals surface area (Å²) in [4.78, 5) is 22.9. The summed E-state index contributed by atoms with van der Waals surface area (Å²) in [7, 11) is 0. The molecule has 0 fully saturated rings. The second-order valence-electron chi connectivity index (χ2n) is 4.39. The first kappa shape index (κ1) is 15.3. The highest BCUT2D eigenvalue weighted by atomic mass is 16.3. The number of nitrogens with one attached hydrogen (secondary N) is 2. The minimum atomic E-state index is -0.242. The second kappa shape index (κ2) is 9.19. The fourth-order valence-corrected chi connectivity index (χ4v) is 1.64. The summed E-state index contributed by atoms with van der Waals surface area (Å²) in [6, 6.07) is 3.27. The third-order valence-electron chi connectivity index (χ3n) is 2.71. The lowest BCUT2D eigenvalue weighted by molar-refractivity contribution is -0.121. The van der Waals surface area contributed by atoms with Gasteiger partial charge in [0.05, 0.1) is 6.26 Å². The van der Waals surface area contributed by atoms with Crippen LogP contribution in [0.4, 0.5) is 0 Å². The van der Waals surface area contributed by atoms with Gasteiger partial charge in [0.15, 0.2) is 5.76 Å². The minimum absolute atomic E-state index is 0.0448. The van der Waals surface area contributed by atoms with Gasteiger partial charge >= 0.3 is 0 Å². The highest BCUT2D eigenvalue weighted by molar-refractivity contribution is 5.91. The van der Waals surface area contributed by atoms with Gasteiger partial charge in [-0.15, -0.1) is 0 Å². The summed E-state index contributed by atoms with van der Waals surface area (Å²) in [5.74, 6) is 0.0979. The predicted octanol–water partition coefficient (Wildman–Crippen LogP) is 2.10. The van der Waals surface area contributed by atoms with Crippen molar-refractivity contribution >= 4 is 11.8 Å². The molecule has 2 amide bonds. The molecule has 0 bridgehead atoms. The van der Waals surface area contributed by atoms with E-state index in [2.05, 4.69) is 17.6 Å². The maximum atomic E-state index is 11.5. The molecule has 1 aromatic heterocycles. The average Bonchev–Trinajstić information content (AvgIpc) is 2.93. The van der Waals surface area contributed by atoms with E-state index in [0.717, 1.165) is 25.8 Å². The number of unbranched alkanes of at least 4 members (excludes halogenated alkanes) is 2. The SMILES string of the molecule is CCCCCNC(=O)CCCNC(=O)c1ccco1. The van der Waals surface area contributed by atoms with Crippen molar-refractivity contribution in [3.63, 3.8) is 0 Å². The number of hydrogen-bond acceptors (Lipinski definition) is 3. The molecule has 0 radical (unpaired) electrons. The van der Waals surface area contributed by atoms with E-state index < -0.39 is 0 Å². The van der Waals surface area contributed by atoms with Crippen LogP contribution in [0.5, 0.6) is 0 Å². The largest absolute Gasteiger partial charge is 0.459 e. The Morgan fingerprint density at radius 2 is 1.95 bits per heavy atom. The number of carbonyl (C=O) groups is 2. The van der Waals surface area contributed by atoms with Gasteiger partial charge in [0.1, 0.15) is 0 Å². The Morgan fingerprint density at radius 1 is 1.16 bits per heavy atom. The standard InChI is InChI=1S/C14H22N2O3/c1-2-3-4-9-15-13(17)8-5-10-16-14(18)12-7-6-11-19-12/h6-7,11H,2-5,8-10H2,1H3,(H,15,17)(H,16,18). The van der Waals surface area contributed by atoms with Gasteiger partial charge in [0, 0.05) is 19.5 Å². The third-order valence-corrected chi connectivity index (χ3v) is 2.71. The molecule has 0 aliphatic rings. The summed E-state index contributed by atoms with van der Waals surface area (Å²) >= 11 is 0. The molecule has 5 heteroatoms. The predicted molar refractivity (Wildman–Crippen MR) is 72.8 cm³/mol. The highest BCUT2D eigenvalue weighted by Crippen LogP contribution is 1.99. The first-order valence-electron chi connectivity index (χ1n) is 6.82. The average molecular weight is 266 g/mol. The Balaban J connectivity index is 2.01. The summed E-state index contributed by atoms with van der Waals surface area (Å²) in [6.07, 6.45) is 5.83. The molecule has 1 aromatic rings. The van der Waals surface area contributed by atoms with Crippen LogP contribution < -0.4 is 10.6 Å². The Morgan fingerprint density at radius 3 is 2.63 bits per heavy atom. The van der Waals surface area contributed by atoms with Crippen LogP contribution in [0.25, 0.3) is 0 Å². The molecule has 0 aliphatic carbocycles. The molecule has 0 aliphatic heterocycles. The molecule has 1 heterocycles. The van der Waals surface area contributed by atoms with E-state index in [1.165, 1.54) is 6.26 Å². The van der Waals surface area contributed by atoms with Gasteiger partial charge in [-0.2, -0.15) is 0 Å². The van der Waals surface area contributed by atoms with E-state index in [0.29, 0.717) is 25.1 Å². The quantitative estimate of drug-likeness (QED) is 0.672. The molecule has 0 saturated carbocycles. The van der Waals surface area contributed by atoms with E-state index in [1.54, 1.807) is 12.1 Å². The van der Waals surface area contributed by atoms with E-state index in [-0.39, 0.29) is 11.8 Å². The van der Waals surface area contributed by atoms with Gasteiger partial charge < -0.3 is 15.1 Å². The van der Waals surface area contributed by atoms with Gasteiger partial charge in [-0.1, -0.05) is 19.8 Å². The van der Waals surface area contributed by atoms with Crippen LogP contribution in [0, 0.1) is 0 Å². The number of rotatable bonds is 9. The lowest BCUT2D eigenvalue weighted by Gasteiger charge is -2.05. The number of furan rings is 1. The van der Waals surface area contributed by atoms with Gasteiger partial charge in [-0.05, 0) is 25.0 Å². The molecule has 0 spiro atoms. The lowest BCUT2D eigenvalue weighted by atomic mass is 10.2. The van der Waals surface area contributed by atoms with Crippen LogP contribution >= 0.6 is 0 Å². The first-order valence-corrected chi connectivity index (χ1v) is 6.82. The van der Waals surface area contributed by atoms with Crippen molar-refractivity contribution < 1.29 is 14.0 Å². The smallest absolute Gasteiger partial charge is 0.286 e. The van der Waals surface area contributed by atoms with E-state index in [4.69, 9.17) is 4.42 Å². The van der Waals surface area contributed by atoms with Crippen molar-refractivity contribution in [2.75, 3.05) is 13.1 Å². The van der Waals surface area contributed by atoms with Crippen LogP contribution in [-0.2, 0) is 4.79 Å². The van der Waals surface area contributed by atoms with Crippen LogP contribution in [0.3, 0.4) is 0 Å². The van der Waals surface area contributed by atoms with Gasteiger partial charge in [0.25, 0.3) is 5.91 Å². The summed E-state index contributed by atoms with van der Waals surface area (Å²) in [6.45, 7) is 3.34. The topological polar surface area (TPSA) is 71.3 Å². The molecule has 5 nitrogen and oxygen atoms in total. The van der Waals surface area contributed by atoms with Crippen LogP contribution in [0.2, 0.25) is 0 Å². The van der Waals surface area contributed by atoms with Crippen molar-refractivity contribution in [2.24, 2.45) is 0 Å². The molecule has 0 unspecified atom stereocenters. The van der Waals surface area contributed by atoms with Crippen molar-refractivity contribution in [2.45, 2.75) is 39.0 Å². The highest BCUT2D eigenvalue weighted by Gasteiger charge is 2.07. The Labute approximate surface area is 113 Å². The van der Waals surface area contributed by atoms with E-state index in [1.807, 2.05) is 0 Å². The molecule has 0 atom stereocenters. The Bertz CT molecular complexity index is 374. The molecule has 0 saturated heterocycles. The fourth-order valence-electron chi connectivity index (χ4n) is 1.64. The summed E-state index contributed by atoms with van der Waals surface area (Å²) < 4.78 is 4.96. The minimum Gasteiger partial charge on any atom is -0.459 e. The van der Waals surface area contributed by atoms with E-state index >= 15 is 0 Å². The van der Waals surface area contributed by atoms with Crippen LogP contribution in [0.15, 0.2) is 22.8 Å². The van der Waals surface area contributed by atoms with Crippen molar-refractivity contribution in [3.8, 4) is 0 Å². The molecular weight excluding hydrogens is 244 g/mol. The van der Waals surface area contributed by atoms with Crippen molar-refractivity contribution in [3.05, 3.63) is 24.2 Å². The molecule has 19 heavy (non-hydrogen) atoms. The van der Waals surface area contributed by atoms with Gasteiger partial charge in [-0.25, -0.2) is 0 Å². The van der Waals surface area contributed by atoms with Crippen molar-refractivity contribution in [1.82, 2.24) is 10.6 Å². The molecule has 1 rings (SSSR count). The summed E-state index contributed by atoms with van der Waals surface area (Å²) in [5.41, 5.74) is 0. The zero-order valence-electron chi connectivity index (χ0n) is 11.4. The zero-order chi connectivity index (χ0) is 13.9. The zero-order valence-corrected chi connectivity index (χ0v) is 11.4. The maximum Gasteiger partial charge on any atom is 0.286 e. The Kier molecular flexibility index (Phi) is 7.39. The Hall–Kier alpha value is -1.78. The van der Waals surface area contributed by atoms with Gasteiger partial charge in [-0.3, -0.25) is 9.59 Å².